The van der Waals surface area contributed by atoms with E-state index >= 15 is 0 Å². The summed E-state index contributed by atoms with van der Waals surface area (Å²) < 4.78 is 0. The Kier molecular flexibility index (Phi) is 9.64. The van der Waals surface area contributed by atoms with Gasteiger partial charge in [-0.15, -0.1) is 0 Å². The Morgan fingerprint density at radius 2 is 1.06 bits per heavy atom. The average Bonchev–Trinajstić information content (AvgIpc) is 3.07. The third kappa shape index (κ3) is 7.39. The molecule has 4 amide bonds. The molecule has 0 bridgehead atoms. The maximum Gasteiger partial charge on any atom is 0.336 e. The van der Waals surface area contributed by atoms with Crippen LogP contribution >= 0.6 is 0 Å². The van der Waals surface area contributed by atoms with Gasteiger partial charge in [-0.3, -0.25) is 19.2 Å². The second-order valence-electron chi connectivity index (χ2n) is 11.4. The number of aryl methyl sites for hydroxylation is 1. The van der Waals surface area contributed by atoms with Gasteiger partial charge in [0.05, 0.1) is 22.3 Å². The molecular weight excluding hydrogens is 616 g/mol. The highest BCUT2D eigenvalue weighted by Gasteiger charge is 2.33. The number of hydrogen-bond donors (Lipinski definition) is 6. The first-order valence-electron chi connectivity index (χ1n) is 15.0. The van der Waals surface area contributed by atoms with E-state index in [4.69, 9.17) is 0 Å². The number of carbonyl (C=O) groups is 6. The van der Waals surface area contributed by atoms with E-state index in [2.05, 4.69) is 21.3 Å². The molecule has 0 aliphatic carbocycles. The minimum absolute atomic E-state index is 0.0523. The summed E-state index contributed by atoms with van der Waals surface area (Å²) in [6, 6.07) is 21.1. The van der Waals surface area contributed by atoms with Crippen molar-refractivity contribution in [1.29, 1.82) is 0 Å². The molecule has 1 aliphatic rings. The van der Waals surface area contributed by atoms with Crippen LogP contribution in [-0.2, 0) is 22.4 Å². The van der Waals surface area contributed by atoms with Crippen molar-refractivity contribution in [3.8, 4) is 11.1 Å². The lowest BCUT2D eigenvalue weighted by atomic mass is 9.95. The van der Waals surface area contributed by atoms with Crippen molar-refractivity contribution in [1.82, 2.24) is 16.0 Å². The van der Waals surface area contributed by atoms with Gasteiger partial charge in [-0.2, -0.15) is 0 Å². The summed E-state index contributed by atoms with van der Waals surface area (Å²) in [6.07, 6.45) is 0.602. The van der Waals surface area contributed by atoms with Gasteiger partial charge in [-0.1, -0.05) is 54.1 Å². The van der Waals surface area contributed by atoms with Crippen LogP contribution in [0.1, 0.15) is 58.1 Å². The van der Waals surface area contributed by atoms with E-state index in [9.17, 15) is 39.0 Å². The summed E-state index contributed by atoms with van der Waals surface area (Å²) in [5, 5.41) is 30.1. The van der Waals surface area contributed by atoms with Crippen molar-refractivity contribution in [2.24, 2.45) is 0 Å². The van der Waals surface area contributed by atoms with Crippen molar-refractivity contribution >= 4 is 41.3 Å². The van der Waals surface area contributed by atoms with E-state index in [1.807, 2.05) is 31.2 Å². The van der Waals surface area contributed by atoms with Crippen LogP contribution < -0.4 is 21.3 Å². The van der Waals surface area contributed by atoms with E-state index in [1.165, 1.54) is 43.4 Å². The SMILES string of the molecule is CNC(=O)c1ccc(-c2ccc(C(=O)Nc3ccc(CC4NC(=O)C(Cc5ccc(C)cc5)NC4=O)cc3)c(C(=O)O)c2)cc1C(=O)O. The number of rotatable bonds is 10. The van der Waals surface area contributed by atoms with Crippen molar-refractivity contribution < 1.29 is 39.0 Å². The summed E-state index contributed by atoms with van der Waals surface area (Å²) >= 11 is 0. The Hall–Kier alpha value is -6.30. The highest BCUT2D eigenvalue weighted by atomic mass is 16.4. The number of amides is 4. The van der Waals surface area contributed by atoms with Crippen LogP contribution in [0.5, 0.6) is 0 Å². The fourth-order valence-corrected chi connectivity index (χ4v) is 5.41. The van der Waals surface area contributed by atoms with Gasteiger partial charge in [0.1, 0.15) is 12.1 Å². The Balaban J connectivity index is 1.25. The Labute approximate surface area is 275 Å². The second-order valence-corrected chi connectivity index (χ2v) is 11.4. The quantitative estimate of drug-likeness (QED) is 0.151. The lowest BCUT2D eigenvalue weighted by Crippen LogP contribution is -2.62. The zero-order valence-corrected chi connectivity index (χ0v) is 26.0. The first kappa shape index (κ1) is 33.1. The van der Waals surface area contributed by atoms with Crippen molar-refractivity contribution in [2.75, 3.05) is 12.4 Å². The fraction of sp³-hybridized carbons (Fsp3) is 0.167. The molecule has 4 aromatic rings. The Morgan fingerprint density at radius 3 is 1.50 bits per heavy atom. The zero-order valence-electron chi connectivity index (χ0n) is 26.0. The summed E-state index contributed by atoms with van der Waals surface area (Å²) in [7, 11) is 1.37. The van der Waals surface area contributed by atoms with Crippen LogP contribution in [0.4, 0.5) is 5.69 Å². The van der Waals surface area contributed by atoms with Gasteiger partial charge in [-0.05, 0) is 65.6 Å². The molecule has 1 fully saturated rings. The molecule has 244 valence electrons. The molecule has 6 N–H and O–H groups in total. The number of carboxylic acid groups (broad SMARTS) is 2. The van der Waals surface area contributed by atoms with Gasteiger partial charge in [0, 0.05) is 25.6 Å². The molecule has 2 atom stereocenters. The molecule has 12 nitrogen and oxygen atoms in total. The molecule has 0 radical (unpaired) electrons. The molecule has 1 saturated heterocycles. The van der Waals surface area contributed by atoms with Crippen LogP contribution in [0, 0.1) is 6.92 Å². The van der Waals surface area contributed by atoms with Crippen molar-refractivity contribution in [3.63, 3.8) is 0 Å². The predicted molar refractivity (Wildman–Crippen MR) is 176 cm³/mol. The van der Waals surface area contributed by atoms with E-state index in [0.717, 1.165) is 16.7 Å². The van der Waals surface area contributed by atoms with Gasteiger partial charge in [0.25, 0.3) is 11.8 Å². The summed E-state index contributed by atoms with van der Waals surface area (Å²) in [5.41, 5.74) is 3.06. The molecule has 4 aromatic carbocycles. The zero-order chi connectivity index (χ0) is 34.5. The molecule has 2 unspecified atom stereocenters. The third-order valence-electron chi connectivity index (χ3n) is 8.03. The van der Waals surface area contributed by atoms with Crippen LogP contribution in [0.3, 0.4) is 0 Å². The minimum Gasteiger partial charge on any atom is -0.478 e. The Bertz CT molecular complexity index is 1940. The smallest absolute Gasteiger partial charge is 0.336 e. The number of hydrogen-bond acceptors (Lipinski definition) is 6. The molecule has 48 heavy (non-hydrogen) atoms. The molecule has 0 saturated carbocycles. The van der Waals surface area contributed by atoms with E-state index < -0.39 is 35.8 Å². The maximum atomic E-state index is 13.1. The first-order chi connectivity index (χ1) is 22.9. The fourth-order valence-electron chi connectivity index (χ4n) is 5.41. The van der Waals surface area contributed by atoms with Gasteiger partial charge in [0.2, 0.25) is 11.8 Å². The number of piperazine rings is 1. The number of aromatic carboxylic acids is 2. The molecule has 5 rings (SSSR count). The van der Waals surface area contributed by atoms with Crippen molar-refractivity contribution in [3.05, 3.63) is 124 Å². The second kappa shape index (κ2) is 14.0. The number of carboxylic acids is 2. The van der Waals surface area contributed by atoms with Crippen LogP contribution in [0.25, 0.3) is 11.1 Å². The highest BCUT2D eigenvalue weighted by Crippen LogP contribution is 2.26. The van der Waals surface area contributed by atoms with Gasteiger partial charge in [0.15, 0.2) is 0 Å². The molecule has 0 aromatic heterocycles. The lowest BCUT2D eigenvalue weighted by Gasteiger charge is -2.29. The van der Waals surface area contributed by atoms with Crippen LogP contribution in [0.15, 0.2) is 84.9 Å². The number of nitrogens with one attached hydrogen (secondary N) is 4. The summed E-state index contributed by atoms with van der Waals surface area (Å²) in [5.74, 6) is -4.54. The molecule has 12 heteroatoms. The van der Waals surface area contributed by atoms with E-state index in [1.54, 1.807) is 24.3 Å². The lowest BCUT2D eigenvalue weighted by molar-refractivity contribution is -0.136. The Morgan fingerprint density at radius 1 is 0.625 bits per heavy atom. The number of benzene rings is 4. The van der Waals surface area contributed by atoms with E-state index in [0.29, 0.717) is 23.2 Å². The number of anilines is 1. The third-order valence-corrected chi connectivity index (χ3v) is 8.03. The normalized spacial score (nSPS) is 15.5. The molecule has 0 spiro atoms. The molecule has 1 aliphatic heterocycles. The molecule has 1 heterocycles. The molecular formula is C36H32N4O8. The van der Waals surface area contributed by atoms with Crippen LogP contribution in [0.2, 0.25) is 0 Å². The highest BCUT2D eigenvalue weighted by molar-refractivity contribution is 6.11. The predicted octanol–water partition coefficient (Wildman–Crippen LogP) is 3.44. The summed E-state index contributed by atoms with van der Waals surface area (Å²) in [6.45, 7) is 1.97. The number of carbonyl (C=O) groups excluding carboxylic acids is 4. The van der Waals surface area contributed by atoms with E-state index in [-0.39, 0.29) is 40.5 Å². The monoisotopic (exact) mass is 648 g/mol. The van der Waals surface area contributed by atoms with Crippen LogP contribution in [-0.4, -0.2) is 64.9 Å². The standard InChI is InChI=1S/C36H32N4O8/c1-19-3-5-20(6-4-19)15-29-33(43)40-30(34(44)39-29)16-21-7-11-24(12-8-21)38-32(42)26-14-10-23(18-28(26)36(47)48)22-9-13-25(31(41)37-2)27(17-22)35(45)46/h3-14,17-18,29-30H,15-16H2,1-2H3,(H,37,41)(H,38,42)(H,39,44)(H,40,43)(H,45,46)(H,47,48). The first-order valence-corrected chi connectivity index (χ1v) is 15.0. The minimum atomic E-state index is -1.37. The van der Waals surface area contributed by atoms with Crippen molar-refractivity contribution in [2.45, 2.75) is 31.8 Å². The van der Waals surface area contributed by atoms with Gasteiger partial charge < -0.3 is 31.5 Å². The van der Waals surface area contributed by atoms with Gasteiger partial charge >= 0.3 is 11.9 Å². The van der Waals surface area contributed by atoms with Gasteiger partial charge in [-0.25, -0.2) is 9.59 Å². The topological polar surface area (TPSA) is 191 Å². The average molecular weight is 649 g/mol. The maximum absolute atomic E-state index is 13.1. The summed E-state index contributed by atoms with van der Waals surface area (Å²) in [4.78, 5) is 74.7. The largest absolute Gasteiger partial charge is 0.478 e.